The van der Waals surface area contributed by atoms with Crippen molar-refractivity contribution >= 4 is 28.3 Å². The second-order valence-electron chi connectivity index (χ2n) is 7.45. The lowest BCUT2D eigenvalue weighted by Crippen LogP contribution is -2.25. The number of halogens is 1. The summed E-state index contributed by atoms with van der Waals surface area (Å²) in [4.78, 5) is 2.23. The Labute approximate surface area is 156 Å². The molecule has 25 heavy (non-hydrogen) atoms. The first-order valence-electron chi connectivity index (χ1n) is 9.17. The predicted molar refractivity (Wildman–Crippen MR) is 109 cm³/mol. The van der Waals surface area contributed by atoms with Gasteiger partial charge < -0.3 is 0 Å². The first kappa shape index (κ1) is 18.0. The highest BCUT2D eigenvalue weighted by Gasteiger charge is 2.35. The Kier molecular flexibility index (Phi) is 5.19. The van der Waals surface area contributed by atoms with Gasteiger partial charge in [0.15, 0.2) is 0 Å². The number of hydrogen-bond acceptors (Lipinski definition) is 1. The quantitative estimate of drug-likeness (QED) is 0.481. The van der Waals surface area contributed by atoms with E-state index in [2.05, 4.69) is 86.6 Å². The highest BCUT2D eigenvalue weighted by atomic mass is 35.5. The molecule has 3 rings (SSSR count). The summed E-state index contributed by atoms with van der Waals surface area (Å²) in [6.07, 6.45) is 0. The average molecular weight is 356 g/mol. The van der Waals surface area contributed by atoms with E-state index in [1.165, 1.54) is 28.1 Å². The smallest absolute Gasteiger partial charge is 0.213 e. The van der Waals surface area contributed by atoms with Gasteiger partial charge in [-0.25, -0.2) is 9.48 Å². The van der Waals surface area contributed by atoms with E-state index in [1.54, 1.807) is 0 Å². The molecule has 0 saturated heterocycles. The van der Waals surface area contributed by atoms with Crippen LogP contribution in [0.2, 0.25) is 0 Å². The molecule has 132 valence electrons. The van der Waals surface area contributed by atoms with Gasteiger partial charge in [0.25, 0.3) is 0 Å². The molecule has 0 saturated carbocycles. The van der Waals surface area contributed by atoms with E-state index in [0.717, 1.165) is 18.4 Å². The van der Waals surface area contributed by atoms with Crippen molar-refractivity contribution in [2.24, 2.45) is 0 Å². The summed E-state index contributed by atoms with van der Waals surface area (Å²) in [5.41, 5.74) is 6.49. The van der Waals surface area contributed by atoms with Gasteiger partial charge in [-0.3, -0.25) is 0 Å². The van der Waals surface area contributed by atoms with Crippen molar-refractivity contribution in [2.75, 3.05) is 18.0 Å². The molecule has 2 aromatic rings. The summed E-state index contributed by atoms with van der Waals surface area (Å²) in [5.74, 6) is 0.927. The number of benzene rings is 2. The van der Waals surface area contributed by atoms with Crippen molar-refractivity contribution in [3.05, 3.63) is 59.2 Å². The maximum Gasteiger partial charge on any atom is 0.355 e. The monoisotopic (exact) mass is 355 g/mol. The molecule has 0 radical (unpaired) electrons. The molecule has 0 unspecified atom stereocenters. The zero-order valence-corrected chi connectivity index (χ0v) is 16.6. The summed E-state index contributed by atoms with van der Waals surface area (Å²) in [6, 6.07) is 15.1. The first-order chi connectivity index (χ1) is 11.9. The second-order valence-corrected chi connectivity index (χ2v) is 7.79. The fourth-order valence-electron chi connectivity index (χ4n) is 3.64. The van der Waals surface area contributed by atoms with Gasteiger partial charge in [-0.05, 0) is 30.4 Å². The molecule has 1 aliphatic heterocycles. The van der Waals surface area contributed by atoms with Gasteiger partial charge in [0, 0.05) is 22.7 Å². The molecule has 2 aromatic carbocycles. The minimum atomic E-state index is 0.464. The zero-order valence-electron chi connectivity index (χ0n) is 15.9. The molecular formula is C22H28ClN2+. The summed E-state index contributed by atoms with van der Waals surface area (Å²) in [6.45, 7) is 13.0. The Bertz CT molecular complexity index is 779. The van der Waals surface area contributed by atoms with Gasteiger partial charge in [0.05, 0.1) is 0 Å². The molecule has 0 aliphatic carbocycles. The van der Waals surface area contributed by atoms with Crippen molar-refractivity contribution in [1.82, 2.24) is 0 Å². The van der Waals surface area contributed by atoms with E-state index in [1.807, 2.05) is 0 Å². The summed E-state index contributed by atoms with van der Waals surface area (Å²) >= 11 is 6.91. The SMILES string of the molecule is Cc1ccccc1N1CC[N+](c2c(C(C)C)cccc2C(C)C)=C1Cl. The van der Waals surface area contributed by atoms with E-state index < -0.39 is 0 Å². The Hall–Kier alpha value is -1.80. The minimum Gasteiger partial charge on any atom is -0.213 e. The van der Waals surface area contributed by atoms with Crippen LogP contribution >= 0.6 is 11.6 Å². The Morgan fingerprint density at radius 3 is 2.08 bits per heavy atom. The topological polar surface area (TPSA) is 6.25 Å². The highest BCUT2D eigenvalue weighted by molar-refractivity contribution is 6.66. The zero-order chi connectivity index (χ0) is 18.1. The Morgan fingerprint density at radius 2 is 1.52 bits per heavy atom. The fraction of sp³-hybridized carbons (Fsp3) is 0.409. The number of aryl methyl sites for hydroxylation is 1. The lowest BCUT2D eigenvalue weighted by atomic mass is 9.92. The molecule has 1 heterocycles. The molecule has 0 aromatic heterocycles. The van der Waals surface area contributed by atoms with E-state index in [9.17, 15) is 0 Å². The summed E-state index contributed by atoms with van der Waals surface area (Å²) in [5, 5.41) is 0.810. The minimum absolute atomic E-state index is 0.464. The van der Waals surface area contributed by atoms with Crippen LogP contribution in [-0.4, -0.2) is 23.0 Å². The van der Waals surface area contributed by atoms with Crippen LogP contribution in [0.3, 0.4) is 0 Å². The van der Waals surface area contributed by atoms with Crippen LogP contribution in [0.25, 0.3) is 0 Å². The van der Waals surface area contributed by atoms with Crippen LogP contribution in [0.15, 0.2) is 42.5 Å². The van der Waals surface area contributed by atoms with Gasteiger partial charge >= 0.3 is 5.29 Å². The maximum atomic E-state index is 6.91. The number of rotatable bonds is 4. The molecule has 0 amide bonds. The third-order valence-corrected chi connectivity index (χ3v) is 5.42. The molecule has 0 atom stereocenters. The molecule has 0 bridgehead atoms. The lowest BCUT2D eigenvalue weighted by molar-refractivity contribution is -0.427. The molecule has 0 N–H and O–H groups in total. The van der Waals surface area contributed by atoms with Crippen LogP contribution in [0.4, 0.5) is 11.4 Å². The van der Waals surface area contributed by atoms with Gasteiger partial charge in [-0.15, -0.1) is 0 Å². The number of amidine groups is 1. The van der Waals surface area contributed by atoms with Gasteiger partial charge in [-0.2, -0.15) is 0 Å². The van der Waals surface area contributed by atoms with Gasteiger partial charge in [0.2, 0.25) is 0 Å². The van der Waals surface area contributed by atoms with Crippen LogP contribution in [-0.2, 0) is 0 Å². The highest BCUT2D eigenvalue weighted by Crippen LogP contribution is 2.37. The summed E-state index contributed by atoms with van der Waals surface area (Å²) < 4.78 is 2.30. The van der Waals surface area contributed by atoms with Crippen LogP contribution < -0.4 is 4.90 Å². The molecule has 0 spiro atoms. The first-order valence-corrected chi connectivity index (χ1v) is 9.55. The van der Waals surface area contributed by atoms with Crippen molar-refractivity contribution < 1.29 is 4.58 Å². The predicted octanol–water partition coefficient (Wildman–Crippen LogP) is 6.00. The molecular weight excluding hydrogens is 328 g/mol. The van der Waals surface area contributed by atoms with Crippen LogP contribution in [0.1, 0.15) is 56.2 Å². The number of hydrogen-bond donors (Lipinski definition) is 0. The number of para-hydroxylation sites is 2. The standard InChI is InChI=1S/C22H28ClN2/c1-15(2)18-10-8-11-19(16(3)4)21(18)25-14-13-24(22(25)23)20-12-7-6-9-17(20)5/h6-12,15-16H,13-14H2,1-5H3/q+1. The van der Waals surface area contributed by atoms with Crippen molar-refractivity contribution in [2.45, 2.75) is 46.5 Å². The number of anilines is 1. The van der Waals surface area contributed by atoms with E-state index in [0.29, 0.717) is 11.8 Å². The van der Waals surface area contributed by atoms with Crippen LogP contribution in [0, 0.1) is 6.92 Å². The Balaban J connectivity index is 2.15. The third-order valence-electron chi connectivity index (χ3n) is 5.01. The van der Waals surface area contributed by atoms with Crippen molar-refractivity contribution in [1.29, 1.82) is 0 Å². The average Bonchev–Trinajstić information content (AvgIpc) is 2.95. The van der Waals surface area contributed by atoms with Crippen molar-refractivity contribution in [3.63, 3.8) is 0 Å². The van der Waals surface area contributed by atoms with E-state index in [4.69, 9.17) is 11.6 Å². The largest absolute Gasteiger partial charge is 0.355 e. The number of nitrogens with zero attached hydrogens (tertiary/aromatic N) is 2. The fourth-order valence-corrected chi connectivity index (χ4v) is 3.99. The normalized spacial score (nSPS) is 15.0. The van der Waals surface area contributed by atoms with Crippen molar-refractivity contribution in [3.8, 4) is 0 Å². The van der Waals surface area contributed by atoms with E-state index in [-0.39, 0.29) is 0 Å². The maximum absolute atomic E-state index is 6.91. The van der Waals surface area contributed by atoms with Gasteiger partial charge in [0.1, 0.15) is 24.5 Å². The molecule has 2 nitrogen and oxygen atoms in total. The Morgan fingerprint density at radius 1 is 0.920 bits per heavy atom. The van der Waals surface area contributed by atoms with Crippen LogP contribution in [0.5, 0.6) is 0 Å². The molecule has 1 aliphatic rings. The van der Waals surface area contributed by atoms with Gasteiger partial charge in [-0.1, -0.05) is 64.1 Å². The third kappa shape index (κ3) is 3.32. The molecule has 3 heteroatoms. The van der Waals surface area contributed by atoms with E-state index >= 15 is 0 Å². The second kappa shape index (κ2) is 7.21. The summed E-state index contributed by atoms with van der Waals surface area (Å²) in [7, 11) is 0. The lowest BCUT2D eigenvalue weighted by Gasteiger charge is -2.18. The molecule has 0 fully saturated rings.